The number of amides is 2. The molecule has 2 aliphatic rings. The lowest BCUT2D eigenvalue weighted by molar-refractivity contribution is -0.134. The molecule has 1 heterocycles. The van der Waals surface area contributed by atoms with E-state index < -0.39 is 4.33 Å². The van der Waals surface area contributed by atoms with Crippen molar-refractivity contribution in [3.8, 4) is 0 Å². The fourth-order valence-electron chi connectivity index (χ4n) is 3.22. The normalized spacial score (nSPS) is 22.6. The summed E-state index contributed by atoms with van der Waals surface area (Å²) in [6.45, 7) is 6.86. The fourth-order valence-corrected chi connectivity index (χ4v) is 3.72. The Morgan fingerprint density at radius 3 is 2.24 bits per heavy atom. The summed E-state index contributed by atoms with van der Waals surface area (Å²) in [5.41, 5.74) is 2.99. The molecule has 2 amide bonds. The summed E-state index contributed by atoms with van der Waals surface area (Å²) in [5, 5.41) is 3.00. The summed E-state index contributed by atoms with van der Waals surface area (Å²) in [5.74, 6) is -0.265. The van der Waals surface area contributed by atoms with E-state index in [0.717, 1.165) is 16.8 Å². The second-order valence-electron chi connectivity index (χ2n) is 6.93. The zero-order valence-corrected chi connectivity index (χ0v) is 16.0. The predicted octanol–water partition coefficient (Wildman–Crippen LogP) is 2.58. The average molecular weight is 384 g/mol. The third-order valence-corrected chi connectivity index (χ3v) is 5.76. The number of aryl methyl sites for hydroxylation is 2. The van der Waals surface area contributed by atoms with Gasteiger partial charge < -0.3 is 10.2 Å². The van der Waals surface area contributed by atoms with Gasteiger partial charge in [0.15, 0.2) is 0 Å². The van der Waals surface area contributed by atoms with Crippen LogP contribution in [0.5, 0.6) is 0 Å². The molecular weight excluding hydrogens is 361 g/mol. The predicted molar refractivity (Wildman–Crippen MR) is 100 cm³/mol. The molecule has 0 aromatic heterocycles. The number of hydrogen-bond acceptors (Lipinski definition) is 3. The Hall–Kier alpha value is -1.30. The highest BCUT2D eigenvalue weighted by molar-refractivity contribution is 6.52. The monoisotopic (exact) mass is 383 g/mol. The zero-order chi connectivity index (χ0) is 18.2. The Balaban J connectivity index is 1.47. The van der Waals surface area contributed by atoms with E-state index >= 15 is 0 Å². The number of hydrogen-bond donors (Lipinski definition) is 1. The largest absolute Gasteiger partial charge is 0.340 e. The molecule has 2 fully saturated rings. The lowest BCUT2D eigenvalue weighted by atomic mass is 10.1. The van der Waals surface area contributed by atoms with E-state index in [2.05, 4.69) is 10.2 Å². The lowest BCUT2D eigenvalue weighted by Crippen LogP contribution is -2.51. The number of para-hydroxylation sites is 1. The van der Waals surface area contributed by atoms with Crippen molar-refractivity contribution in [2.45, 2.75) is 24.6 Å². The Labute approximate surface area is 158 Å². The number of piperazine rings is 1. The minimum atomic E-state index is -0.875. The average Bonchev–Trinajstić information content (AvgIpc) is 3.20. The van der Waals surface area contributed by atoms with Gasteiger partial charge >= 0.3 is 0 Å². The summed E-state index contributed by atoms with van der Waals surface area (Å²) in [4.78, 5) is 28.5. The molecule has 1 saturated carbocycles. The second kappa shape index (κ2) is 7.14. The highest BCUT2D eigenvalue weighted by atomic mass is 35.5. The van der Waals surface area contributed by atoms with Gasteiger partial charge in [0.25, 0.3) is 0 Å². The summed E-state index contributed by atoms with van der Waals surface area (Å²) in [6.07, 6.45) is 0.535. The highest BCUT2D eigenvalue weighted by Crippen LogP contribution is 2.53. The first-order chi connectivity index (χ1) is 11.8. The molecule has 1 aliphatic heterocycles. The van der Waals surface area contributed by atoms with Gasteiger partial charge in [-0.25, -0.2) is 0 Å². The summed E-state index contributed by atoms with van der Waals surface area (Å²) in [7, 11) is 0. The smallest absolute Gasteiger partial charge is 0.238 e. The quantitative estimate of drug-likeness (QED) is 0.812. The van der Waals surface area contributed by atoms with Gasteiger partial charge in [0.1, 0.15) is 4.33 Å². The van der Waals surface area contributed by atoms with Crippen LogP contribution in [0.1, 0.15) is 17.5 Å². The van der Waals surface area contributed by atoms with Crippen LogP contribution in [0.4, 0.5) is 5.69 Å². The first-order valence-electron chi connectivity index (χ1n) is 8.53. The van der Waals surface area contributed by atoms with Crippen LogP contribution >= 0.6 is 23.2 Å². The zero-order valence-electron chi connectivity index (χ0n) is 14.5. The Bertz CT molecular complexity index is 665. The number of alkyl halides is 2. The van der Waals surface area contributed by atoms with Crippen molar-refractivity contribution in [2.75, 3.05) is 38.0 Å². The molecule has 1 aromatic rings. The number of anilines is 1. The first-order valence-corrected chi connectivity index (χ1v) is 9.28. The molecule has 1 atom stereocenters. The Kier molecular flexibility index (Phi) is 5.28. The van der Waals surface area contributed by atoms with Crippen LogP contribution in [0.15, 0.2) is 18.2 Å². The third kappa shape index (κ3) is 4.27. The number of carbonyl (C=O) groups is 2. The number of nitrogens with zero attached hydrogens (tertiary/aromatic N) is 2. The molecule has 1 aliphatic carbocycles. The van der Waals surface area contributed by atoms with Crippen molar-refractivity contribution in [1.29, 1.82) is 0 Å². The van der Waals surface area contributed by atoms with Gasteiger partial charge in [-0.3, -0.25) is 14.5 Å². The van der Waals surface area contributed by atoms with Crippen molar-refractivity contribution in [2.24, 2.45) is 5.92 Å². The molecule has 136 valence electrons. The van der Waals surface area contributed by atoms with Crippen LogP contribution in [0, 0.1) is 19.8 Å². The van der Waals surface area contributed by atoms with E-state index in [1.165, 1.54) is 0 Å². The molecule has 0 bridgehead atoms. The highest BCUT2D eigenvalue weighted by Gasteiger charge is 2.57. The maximum atomic E-state index is 12.3. The van der Waals surface area contributed by atoms with E-state index in [0.29, 0.717) is 39.1 Å². The van der Waals surface area contributed by atoms with Crippen LogP contribution in [0.3, 0.4) is 0 Å². The SMILES string of the molecule is Cc1cccc(C)c1NC(=O)CN1CCN(C(=O)[C@H]2CC2(Cl)Cl)CC1. The van der Waals surface area contributed by atoms with Crippen molar-refractivity contribution in [1.82, 2.24) is 9.80 Å². The van der Waals surface area contributed by atoms with Crippen molar-refractivity contribution in [3.63, 3.8) is 0 Å². The third-order valence-electron chi connectivity index (χ3n) is 4.92. The number of rotatable bonds is 4. The van der Waals surface area contributed by atoms with Crippen LogP contribution in [-0.4, -0.2) is 58.7 Å². The van der Waals surface area contributed by atoms with E-state index in [9.17, 15) is 9.59 Å². The Morgan fingerprint density at radius 2 is 1.72 bits per heavy atom. The van der Waals surface area contributed by atoms with Gasteiger partial charge in [0, 0.05) is 31.9 Å². The van der Waals surface area contributed by atoms with E-state index in [-0.39, 0.29) is 17.7 Å². The van der Waals surface area contributed by atoms with Gasteiger partial charge in [-0.15, -0.1) is 23.2 Å². The van der Waals surface area contributed by atoms with Crippen LogP contribution < -0.4 is 5.32 Å². The van der Waals surface area contributed by atoms with Gasteiger partial charge in [0.2, 0.25) is 11.8 Å². The molecule has 3 rings (SSSR count). The van der Waals surface area contributed by atoms with Gasteiger partial charge in [-0.2, -0.15) is 0 Å². The molecule has 0 spiro atoms. The van der Waals surface area contributed by atoms with E-state index in [1.807, 2.05) is 32.0 Å². The Morgan fingerprint density at radius 1 is 1.16 bits per heavy atom. The van der Waals surface area contributed by atoms with E-state index in [1.54, 1.807) is 4.90 Å². The maximum Gasteiger partial charge on any atom is 0.238 e. The minimum absolute atomic E-state index is 0.0279. The molecule has 1 aromatic carbocycles. The van der Waals surface area contributed by atoms with Gasteiger partial charge in [-0.05, 0) is 31.4 Å². The van der Waals surface area contributed by atoms with Gasteiger partial charge in [0.05, 0.1) is 12.5 Å². The molecule has 25 heavy (non-hydrogen) atoms. The number of carbonyl (C=O) groups excluding carboxylic acids is 2. The van der Waals surface area contributed by atoms with E-state index in [4.69, 9.17) is 23.2 Å². The second-order valence-corrected chi connectivity index (χ2v) is 8.48. The summed E-state index contributed by atoms with van der Waals surface area (Å²) < 4.78 is -0.875. The molecule has 0 unspecified atom stereocenters. The standard InChI is InChI=1S/C18H23Cl2N3O2/c1-12-4-3-5-13(2)16(12)21-15(24)11-22-6-8-23(9-7-22)17(25)14-10-18(14,19)20/h3-5,14H,6-11H2,1-2H3,(H,21,24)/t14-/m1/s1. The minimum Gasteiger partial charge on any atom is -0.340 e. The van der Waals surface area contributed by atoms with Crippen LogP contribution in [-0.2, 0) is 9.59 Å². The lowest BCUT2D eigenvalue weighted by Gasteiger charge is -2.34. The molecular formula is C18H23Cl2N3O2. The molecule has 1 N–H and O–H groups in total. The molecule has 1 saturated heterocycles. The number of nitrogens with one attached hydrogen (secondary N) is 1. The van der Waals surface area contributed by atoms with Crippen LogP contribution in [0.2, 0.25) is 0 Å². The summed E-state index contributed by atoms with van der Waals surface area (Å²) in [6, 6.07) is 5.95. The van der Waals surface area contributed by atoms with Crippen molar-refractivity contribution < 1.29 is 9.59 Å². The van der Waals surface area contributed by atoms with Crippen molar-refractivity contribution >= 4 is 40.7 Å². The molecule has 0 radical (unpaired) electrons. The molecule has 5 nitrogen and oxygen atoms in total. The van der Waals surface area contributed by atoms with Crippen molar-refractivity contribution in [3.05, 3.63) is 29.3 Å². The molecule has 7 heteroatoms. The topological polar surface area (TPSA) is 52.7 Å². The fraction of sp³-hybridized carbons (Fsp3) is 0.556. The van der Waals surface area contributed by atoms with Crippen LogP contribution in [0.25, 0.3) is 0 Å². The number of benzene rings is 1. The van der Waals surface area contributed by atoms with Gasteiger partial charge in [-0.1, -0.05) is 18.2 Å². The maximum absolute atomic E-state index is 12.3. The first kappa shape index (κ1) is 18.5. The number of halogens is 2. The summed E-state index contributed by atoms with van der Waals surface area (Å²) >= 11 is 12.0.